The molecule has 3 amide bonds. The second-order valence-corrected chi connectivity index (χ2v) is 7.59. The normalized spacial score (nSPS) is 15.6. The number of nitrogens with one attached hydrogen (secondary N) is 2. The Hall–Kier alpha value is -1.79. The number of nitrogens with zero attached hydrogens (tertiary/aromatic N) is 1. The van der Waals surface area contributed by atoms with Gasteiger partial charge < -0.3 is 20.3 Å². The highest BCUT2D eigenvalue weighted by Crippen LogP contribution is 2.17. The quantitative estimate of drug-likeness (QED) is 0.732. The number of amides is 3. The van der Waals surface area contributed by atoms with Crippen molar-refractivity contribution in [2.24, 2.45) is 5.92 Å². The topological polar surface area (TPSA) is 87.7 Å². The highest BCUT2D eigenvalue weighted by atomic mass is 16.6. The summed E-state index contributed by atoms with van der Waals surface area (Å²) in [7, 11) is 0. The fourth-order valence-electron chi connectivity index (χ4n) is 2.66. The summed E-state index contributed by atoms with van der Waals surface area (Å²) in [6.45, 7) is 9.40. The van der Waals surface area contributed by atoms with Crippen molar-refractivity contribution in [2.75, 3.05) is 26.2 Å². The van der Waals surface area contributed by atoms with Crippen molar-refractivity contribution in [3.8, 4) is 0 Å². The Morgan fingerprint density at radius 1 is 1.12 bits per heavy atom. The van der Waals surface area contributed by atoms with Crippen molar-refractivity contribution in [1.82, 2.24) is 15.5 Å². The predicted octanol–water partition coefficient (Wildman–Crippen LogP) is 2.06. The van der Waals surface area contributed by atoms with Gasteiger partial charge in [-0.05, 0) is 46.0 Å². The van der Waals surface area contributed by atoms with Crippen LogP contribution in [0.25, 0.3) is 0 Å². The van der Waals surface area contributed by atoms with Gasteiger partial charge in [0.15, 0.2) is 0 Å². The molecule has 144 valence electrons. The number of piperidine rings is 1. The van der Waals surface area contributed by atoms with Crippen LogP contribution < -0.4 is 10.6 Å². The van der Waals surface area contributed by atoms with E-state index in [1.54, 1.807) is 20.8 Å². The van der Waals surface area contributed by atoms with Crippen LogP contribution in [0.2, 0.25) is 0 Å². The number of carbonyl (C=O) groups is 3. The Balaban J connectivity index is 2.17. The van der Waals surface area contributed by atoms with E-state index in [4.69, 9.17) is 4.74 Å². The molecule has 1 saturated heterocycles. The first kappa shape index (κ1) is 21.3. The third-order valence-electron chi connectivity index (χ3n) is 4.09. The lowest BCUT2D eigenvalue weighted by Gasteiger charge is -2.32. The third kappa shape index (κ3) is 9.31. The summed E-state index contributed by atoms with van der Waals surface area (Å²) in [5.74, 6) is 0.388. The molecule has 0 saturated carbocycles. The first-order valence-electron chi connectivity index (χ1n) is 9.22. The van der Waals surface area contributed by atoms with Crippen molar-refractivity contribution in [2.45, 2.75) is 65.4 Å². The van der Waals surface area contributed by atoms with E-state index in [0.717, 1.165) is 38.8 Å². The Morgan fingerprint density at radius 2 is 1.76 bits per heavy atom. The maximum absolute atomic E-state index is 12.0. The van der Waals surface area contributed by atoms with E-state index >= 15 is 0 Å². The molecule has 0 radical (unpaired) electrons. The van der Waals surface area contributed by atoms with E-state index in [1.807, 2.05) is 4.90 Å². The average molecular weight is 355 g/mol. The van der Waals surface area contributed by atoms with Gasteiger partial charge >= 0.3 is 6.09 Å². The van der Waals surface area contributed by atoms with E-state index in [-0.39, 0.29) is 18.4 Å². The molecule has 7 nitrogen and oxygen atoms in total. The fraction of sp³-hybridized carbons (Fsp3) is 0.833. The molecule has 0 atom stereocenters. The lowest BCUT2D eigenvalue weighted by atomic mass is 9.96. The number of hydrogen-bond donors (Lipinski definition) is 2. The Morgan fingerprint density at radius 3 is 2.32 bits per heavy atom. The van der Waals surface area contributed by atoms with Crippen LogP contribution in [0.1, 0.15) is 59.8 Å². The number of ether oxygens (including phenoxy) is 1. The molecule has 1 aliphatic heterocycles. The summed E-state index contributed by atoms with van der Waals surface area (Å²) in [6.07, 6.45) is 3.82. The van der Waals surface area contributed by atoms with Gasteiger partial charge in [-0.1, -0.05) is 13.3 Å². The van der Waals surface area contributed by atoms with Crippen molar-refractivity contribution in [3.05, 3.63) is 0 Å². The first-order valence-corrected chi connectivity index (χ1v) is 9.22. The molecule has 0 spiro atoms. The van der Waals surface area contributed by atoms with Crippen LogP contribution in [-0.2, 0) is 14.3 Å². The van der Waals surface area contributed by atoms with Gasteiger partial charge in [-0.3, -0.25) is 9.59 Å². The molecule has 0 aromatic carbocycles. The number of alkyl carbamates (subject to hydrolysis) is 1. The van der Waals surface area contributed by atoms with Gasteiger partial charge in [0.05, 0.1) is 6.54 Å². The second-order valence-electron chi connectivity index (χ2n) is 7.59. The predicted molar refractivity (Wildman–Crippen MR) is 96.1 cm³/mol. The number of rotatable bonds is 7. The van der Waals surface area contributed by atoms with E-state index < -0.39 is 11.7 Å². The molecule has 1 aliphatic rings. The lowest BCUT2D eigenvalue weighted by Crippen LogP contribution is -2.44. The molecule has 0 bridgehead atoms. The Bertz CT molecular complexity index is 452. The van der Waals surface area contributed by atoms with E-state index in [0.29, 0.717) is 18.9 Å². The maximum Gasteiger partial charge on any atom is 0.408 e. The van der Waals surface area contributed by atoms with Gasteiger partial charge in [-0.2, -0.15) is 0 Å². The van der Waals surface area contributed by atoms with Gasteiger partial charge in [-0.25, -0.2) is 4.79 Å². The molecule has 0 aromatic rings. The van der Waals surface area contributed by atoms with E-state index in [9.17, 15) is 14.4 Å². The minimum absolute atomic E-state index is 0.0940. The molecule has 7 heteroatoms. The van der Waals surface area contributed by atoms with Crippen molar-refractivity contribution in [1.29, 1.82) is 0 Å². The lowest BCUT2D eigenvalue weighted by molar-refractivity contribution is -0.132. The minimum Gasteiger partial charge on any atom is -0.444 e. The molecule has 2 N–H and O–H groups in total. The molecular formula is C18H33N3O4. The van der Waals surface area contributed by atoms with Crippen molar-refractivity contribution < 1.29 is 19.1 Å². The molecule has 1 fully saturated rings. The molecule has 25 heavy (non-hydrogen) atoms. The zero-order valence-electron chi connectivity index (χ0n) is 16.0. The molecular weight excluding hydrogens is 322 g/mol. The molecule has 0 unspecified atom stereocenters. The number of carbonyl (C=O) groups excluding carboxylic acids is 3. The summed E-state index contributed by atoms with van der Waals surface area (Å²) in [5.41, 5.74) is -0.580. The second kappa shape index (κ2) is 10.3. The zero-order chi connectivity index (χ0) is 18.9. The van der Waals surface area contributed by atoms with Gasteiger partial charge in [0.25, 0.3) is 0 Å². The van der Waals surface area contributed by atoms with Crippen LogP contribution in [0, 0.1) is 5.92 Å². The van der Waals surface area contributed by atoms with E-state index in [1.165, 1.54) is 0 Å². The summed E-state index contributed by atoms with van der Waals surface area (Å²) in [6, 6.07) is 0. The SMILES string of the molecule is CCCCC(=O)N1CCC(CNC(=O)CNC(=O)OC(C)(C)C)CC1. The number of likely N-dealkylation sites (tertiary alicyclic amines) is 1. The zero-order valence-corrected chi connectivity index (χ0v) is 16.0. The standard InChI is InChI=1S/C18H33N3O4/c1-5-6-7-16(23)21-10-8-14(9-11-21)12-19-15(22)13-20-17(24)25-18(2,3)4/h14H,5-13H2,1-4H3,(H,19,22)(H,20,24). The Labute approximate surface area is 150 Å². The highest BCUT2D eigenvalue weighted by molar-refractivity contribution is 5.82. The van der Waals surface area contributed by atoms with Crippen LogP contribution in [0.3, 0.4) is 0 Å². The number of hydrogen-bond acceptors (Lipinski definition) is 4. The molecule has 0 aromatic heterocycles. The molecule has 1 heterocycles. The van der Waals surface area contributed by atoms with Crippen LogP contribution in [-0.4, -0.2) is 54.6 Å². The fourth-order valence-corrected chi connectivity index (χ4v) is 2.66. The first-order chi connectivity index (χ1) is 11.7. The van der Waals surface area contributed by atoms with Gasteiger partial charge in [0.1, 0.15) is 5.60 Å². The minimum atomic E-state index is -0.596. The molecule has 1 rings (SSSR count). The highest BCUT2D eigenvalue weighted by Gasteiger charge is 2.23. The van der Waals surface area contributed by atoms with E-state index in [2.05, 4.69) is 17.6 Å². The van der Waals surface area contributed by atoms with Crippen LogP contribution >= 0.6 is 0 Å². The smallest absolute Gasteiger partial charge is 0.408 e. The summed E-state index contributed by atoms with van der Waals surface area (Å²) < 4.78 is 5.08. The number of unbranched alkanes of at least 4 members (excludes halogenated alkanes) is 1. The van der Waals surface area contributed by atoms with Crippen molar-refractivity contribution >= 4 is 17.9 Å². The molecule has 0 aliphatic carbocycles. The van der Waals surface area contributed by atoms with Crippen LogP contribution in [0.4, 0.5) is 4.79 Å². The largest absolute Gasteiger partial charge is 0.444 e. The Kier molecular flexibility index (Phi) is 8.72. The average Bonchev–Trinajstić information content (AvgIpc) is 2.55. The summed E-state index contributed by atoms with van der Waals surface area (Å²) >= 11 is 0. The van der Waals surface area contributed by atoms with Gasteiger partial charge in [0, 0.05) is 26.1 Å². The van der Waals surface area contributed by atoms with Crippen LogP contribution in [0.15, 0.2) is 0 Å². The maximum atomic E-state index is 12.0. The van der Waals surface area contributed by atoms with Crippen LogP contribution in [0.5, 0.6) is 0 Å². The third-order valence-corrected chi connectivity index (χ3v) is 4.09. The summed E-state index contributed by atoms with van der Waals surface area (Å²) in [5, 5.41) is 5.28. The van der Waals surface area contributed by atoms with Gasteiger partial charge in [0.2, 0.25) is 11.8 Å². The van der Waals surface area contributed by atoms with Crippen molar-refractivity contribution in [3.63, 3.8) is 0 Å². The summed E-state index contributed by atoms with van der Waals surface area (Å²) in [4.78, 5) is 37.2. The monoisotopic (exact) mass is 355 g/mol. The van der Waals surface area contributed by atoms with Gasteiger partial charge in [-0.15, -0.1) is 0 Å².